The van der Waals surface area contributed by atoms with Crippen molar-refractivity contribution in [1.29, 1.82) is 5.26 Å². The molecule has 0 spiro atoms. The molecule has 1 fully saturated rings. The second kappa shape index (κ2) is 7.41. The number of carboxylic acid groups (broad SMARTS) is 1. The van der Waals surface area contributed by atoms with Gasteiger partial charge in [0.2, 0.25) is 0 Å². The molecule has 1 aliphatic carbocycles. The third-order valence-electron chi connectivity index (χ3n) is 5.94. The predicted molar refractivity (Wildman–Crippen MR) is 113 cm³/mol. The van der Waals surface area contributed by atoms with Crippen LogP contribution < -0.4 is 5.73 Å². The fraction of sp³-hybridized carbons (Fsp3) is 0.318. The van der Waals surface area contributed by atoms with Crippen LogP contribution >= 0.6 is 11.6 Å². The van der Waals surface area contributed by atoms with Crippen molar-refractivity contribution in [2.75, 3.05) is 5.73 Å². The first-order valence-corrected chi connectivity index (χ1v) is 9.96. The normalized spacial score (nSPS) is 19.2. The SMILES string of the molecule is Cc1cc2c(cc1C#N)c(-c1cncc(N)c1Cl)cn2[C@H]1CC[C@H](C(=O)O)CC1. The number of anilines is 1. The molecule has 2 heterocycles. The van der Waals surface area contributed by atoms with Crippen molar-refractivity contribution >= 4 is 34.2 Å². The van der Waals surface area contributed by atoms with Gasteiger partial charge in [0.05, 0.1) is 34.5 Å². The molecule has 3 N–H and O–H groups in total. The number of aromatic nitrogens is 2. The molecule has 0 radical (unpaired) electrons. The van der Waals surface area contributed by atoms with Crippen molar-refractivity contribution in [3.63, 3.8) is 0 Å². The van der Waals surface area contributed by atoms with Crippen molar-refractivity contribution in [1.82, 2.24) is 9.55 Å². The molecule has 2 aromatic heterocycles. The van der Waals surface area contributed by atoms with Crippen LogP contribution in [0.5, 0.6) is 0 Å². The molecular formula is C22H21ClN4O2. The zero-order valence-electron chi connectivity index (χ0n) is 16.0. The Balaban J connectivity index is 1.88. The lowest BCUT2D eigenvalue weighted by Gasteiger charge is -2.28. The molecule has 148 valence electrons. The van der Waals surface area contributed by atoms with Crippen LogP contribution in [-0.4, -0.2) is 20.6 Å². The van der Waals surface area contributed by atoms with Crippen LogP contribution in [0.3, 0.4) is 0 Å². The second-order valence-electron chi connectivity index (χ2n) is 7.68. The molecule has 7 heteroatoms. The number of nitrogen functional groups attached to an aromatic ring is 1. The van der Waals surface area contributed by atoms with Crippen LogP contribution in [0.25, 0.3) is 22.0 Å². The van der Waals surface area contributed by atoms with Crippen LogP contribution in [0, 0.1) is 24.2 Å². The van der Waals surface area contributed by atoms with Gasteiger partial charge in [0.15, 0.2) is 0 Å². The maximum atomic E-state index is 11.3. The first-order chi connectivity index (χ1) is 13.9. The molecule has 0 atom stereocenters. The average Bonchev–Trinajstić information content (AvgIpc) is 3.07. The quantitative estimate of drug-likeness (QED) is 0.638. The maximum absolute atomic E-state index is 11.3. The van der Waals surface area contributed by atoms with Gasteiger partial charge < -0.3 is 15.4 Å². The Bertz CT molecular complexity index is 1150. The van der Waals surface area contributed by atoms with Crippen molar-refractivity contribution in [2.24, 2.45) is 5.92 Å². The van der Waals surface area contributed by atoms with E-state index in [1.165, 1.54) is 6.20 Å². The first kappa shape index (κ1) is 19.3. The van der Waals surface area contributed by atoms with Crippen LogP contribution in [0.1, 0.15) is 42.9 Å². The number of carbonyl (C=O) groups is 1. The molecule has 6 nitrogen and oxygen atoms in total. The Hall–Kier alpha value is -3.04. The summed E-state index contributed by atoms with van der Waals surface area (Å²) in [6, 6.07) is 6.36. The predicted octanol–water partition coefficient (Wildman–Crippen LogP) is 4.93. The number of hydrogen-bond acceptors (Lipinski definition) is 4. The lowest BCUT2D eigenvalue weighted by atomic mass is 9.86. The summed E-state index contributed by atoms with van der Waals surface area (Å²) in [5.41, 5.74) is 10.5. The van der Waals surface area contributed by atoms with Gasteiger partial charge in [-0.3, -0.25) is 9.78 Å². The third-order valence-corrected chi connectivity index (χ3v) is 6.36. The lowest BCUT2D eigenvalue weighted by molar-refractivity contribution is -0.143. The first-order valence-electron chi connectivity index (χ1n) is 9.58. The van der Waals surface area contributed by atoms with Gasteiger partial charge in [0.1, 0.15) is 0 Å². The molecule has 29 heavy (non-hydrogen) atoms. The van der Waals surface area contributed by atoms with E-state index in [0.29, 0.717) is 29.1 Å². The fourth-order valence-corrected chi connectivity index (χ4v) is 4.49. The van der Waals surface area contributed by atoms with Gasteiger partial charge in [-0.15, -0.1) is 0 Å². The van der Waals surface area contributed by atoms with Gasteiger partial charge in [-0.05, 0) is 50.3 Å². The van der Waals surface area contributed by atoms with Crippen LogP contribution in [-0.2, 0) is 4.79 Å². The Labute approximate surface area is 173 Å². The highest BCUT2D eigenvalue weighted by molar-refractivity contribution is 6.36. The number of fused-ring (bicyclic) bond motifs is 1. The van der Waals surface area contributed by atoms with Gasteiger partial charge in [0.25, 0.3) is 0 Å². The van der Waals surface area contributed by atoms with E-state index in [-0.39, 0.29) is 12.0 Å². The topological polar surface area (TPSA) is 105 Å². The van der Waals surface area contributed by atoms with Crippen LogP contribution in [0.2, 0.25) is 5.02 Å². The molecule has 3 aromatic rings. The molecule has 0 bridgehead atoms. The van der Waals surface area contributed by atoms with Crippen LogP contribution in [0.15, 0.2) is 30.7 Å². The molecule has 0 amide bonds. The van der Waals surface area contributed by atoms with E-state index in [9.17, 15) is 15.2 Å². The van der Waals surface area contributed by atoms with E-state index in [2.05, 4.69) is 15.6 Å². The van der Waals surface area contributed by atoms with Gasteiger partial charge in [-0.1, -0.05) is 11.6 Å². The van der Waals surface area contributed by atoms with E-state index in [0.717, 1.165) is 40.4 Å². The van der Waals surface area contributed by atoms with Gasteiger partial charge in [-0.2, -0.15) is 5.26 Å². The smallest absolute Gasteiger partial charge is 0.306 e. The summed E-state index contributed by atoms with van der Waals surface area (Å²) >= 11 is 6.48. The molecule has 4 rings (SSSR count). The summed E-state index contributed by atoms with van der Waals surface area (Å²) in [4.78, 5) is 15.5. The zero-order chi connectivity index (χ0) is 20.7. The van der Waals surface area contributed by atoms with Gasteiger partial charge >= 0.3 is 5.97 Å². The number of pyridine rings is 1. The van der Waals surface area contributed by atoms with Gasteiger partial charge in [-0.25, -0.2) is 0 Å². The average molecular weight is 409 g/mol. The monoisotopic (exact) mass is 408 g/mol. The molecule has 0 unspecified atom stereocenters. The minimum absolute atomic E-state index is 0.196. The minimum atomic E-state index is -0.714. The number of nitriles is 1. The number of nitrogens with two attached hydrogens (primary N) is 1. The number of aliphatic carboxylic acids is 1. The fourth-order valence-electron chi connectivity index (χ4n) is 4.29. The number of hydrogen-bond donors (Lipinski definition) is 2. The molecule has 1 aromatic carbocycles. The minimum Gasteiger partial charge on any atom is -0.481 e. The summed E-state index contributed by atoms with van der Waals surface area (Å²) in [6.07, 6.45) is 8.15. The highest BCUT2D eigenvalue weighted by Crippen LogP contribution is 2.41. The van der Waals surface area contributed by atoms with Crippen molar-refractivity contribution < 1.29 is 9.90 Å². The van der Waals surface area contributed by atoms with E-state index >= 15 is 0 Å². The Morgan fingerprint density at radius 3 is 2.66 bits per heavy atom. The van der Waals surface area contributed by atoms with E-state index in [1.807, 2.05) is 25.3 Å². The largest absolute Gasteiger partial charge is 0.481 e. The molecule has 1 saturated carbocycles. The van der Waals surface area contributed by atoms with Crippen molar-refractivity contribution in [2.45, 2.75) is 38.6 Å². The second-order valence-corrected chi connectivity index (χ2v) is 8.06. The number of benzene rings is 1. The molecular weight excluding hydrogens is 388 g/mol. The highest BCUT2D eigenvalue weighted by atomic mass is 35.5. The number of nitrogens with zero attached hydrogens (tertiary/aromatic N) is 3. The zero-order valence-corrected chi connectivity index (χ0v) is 16.8. The summed E-state index contributed by atoms with van der Waals surface area (Å²) in [5, 5.41) is 20.2. The third kappa shape index (κ3) is 3.32. The molecule has 1 aliphatic rings. The number of rotatable bonds is 3. The standard InChI is InChI=1S/C22H21ClN4O2/c1-12-6-20-16(7-14(12)8-24)18(17-9-26-10-19(25)21(17)23)11-27(20)15-4-2-13(3-5-15)22(28)29/h6-7,9-11,13,15H,2-5,25H2,1H3,(H,28,29)/t13-,15-. The highest BCUT2D eigenvalue weighted by Gasteiger charge is 2.28. The van der Waals surface area contributed by atoms with Crippen LogP contribution in [0.4, 0.5) is 5.69 Å². The Morgan fingerprint density at radius 1 is 1.28 bits per heavy atom. The van der Waals surface area contributed by atoms with E-state index in [1.54, 1.807) is 6.20 Å². The summed E-state index contributed by atoms with van der Waals surface area (Å²) < 4.78 is 2.20. The lowest BCUT2D eigenvalue weighted by Crippen LogP contribution is -2.23. The Morgan fingerprint density at radius 2 is 2.00 bits per heavy atom. The number of carboxylic acids is 1. The molecule has 0 aliphatic heterocycles. The number of halogens is 1. The van der Waals surface area contributed by atoms with Crippen molar-refractivity contribution in [3.05, 3.63) is 46.9 Å². The summed E-state index contributed by atoms with van der Waals surface area (Å²) in [6.45, 7) is 1.92. The van der Waals surface area contributed by atoms with Gasteiger partial charge in [0, 0.05) is 40.5 Å². The summed E-state index contributed by atoms with van der Waals surface area (Å²) in [5.74, 6) is -0.985. The number of aryl methyl sites for hydroxylation is 1. The maximum Gasteiger partial charge on any atom is 0.306 e. The Kier molecular flexibility index (Phi) is 4.93. The van der Waals surface area contributed by atoms with E-state index in [4.69, 9.17) is 17.3 Å². The summed E-state index contributed by atoms with van der Waals surface area (Å²) in [7, 11) is 0. The van der Waals surface area contributed by atoms with E-state index < -0.39 is 5.97 Å². The molecule has 0 saturated heterocycles. The van der Waals surface area contributed by atoms with Crippen molar-refractivity contribution in [3.8, 4) is 17.2 Å².